The van der Waals surface area contributed by atoms with Gasteiger partial charge in [0.05, 0.1) is 11.8 Å². The van der Waals surface area contributed by atoms with Crippen molar-refractivity contribution in [3.05, 3.63) is 23.9 Å². The van der Waals surface area contributed by atoms with Gasteiger partial charge in [0.25, 0.3) is 0 Å². The monoisotopic (exact) mass is 275 g/mol. The Morgan fingerprint density at radius 3 is 2.75 bits per heavy atom. The number of aromatic nitrogens is 1. The molecule has 0 aromatic carbocycles. The third-order valence-electron chi connectivity index (χ3n) is 4.11. The van der Waals surface area contributed by atoms with Gasteiger partial charge in [0.1, 0.15) is 5.82 Å². The Labute approximate surface area is 121 Å². The maximum absolute atomic E-state index is 5.71. The van der Waals surface area contributed by atoms with Crippen LogP contribution < -0.4 is 10.2 Å². The van der Waals surface area contributed by atoms with Gasteiger partial charge in [-0.2, -0.15) is 0 Å². The molecule has 0 atom stereocenters. The summed E-state index contributed by atoms with van der Waals surface area (Å²) in [4.78, 5) is 7.17. The fourth-order valence-electron chi connectivity index (χ4n) is 2.77. The van der Waals surface area contributed by atoms with E-state index >= 15 is 0 Å². The SMILES string of the molecule is CCOC1CCN(c2cccc(CNC3CC3)n2)CC1. The van der Waals surface area contributed by atoms with E-state index in [-0.39, 0.29) is 0 Å². The van der Waals surface area contributed by atoms with E-state index in [9.17, 15) is 0 Å². The van der Waals surface area contributed by atoms with Gasteiger partial charge in [-0.25, -0.2) is 4.98 Å². The van der Waals surface area contributed by atoms with Gasteiger partial charge in [-0.3, -0.25) is 0 Å². The molecule has 0 bridgehead atoms. The van der Waals surface area contributed by atoms with Crippen LogP contribution in [-0.4, -0.2) is 36.8 Å². The lowest BCUT2D eigenvalue weighted by Gasteiger charge is -2.32. The number of rotatable bonds is 6. The number of hydrogen-bond donors (Lipinski definition) is 1. The summed E-state index contributed by atoms with van der Waals surface area (Å²) in [5.74, 6) is 1.12. The lowest BCUT2D eigenvalue weighted by Crippen LogP contribution is -2.37. The van der Waals surface area contributed by atoms with E-state index in [1.165, 1.54) is 12.8 Å². The standard InChI is InChI=1S/C16H25N3O/c1-2-20-15-8-10-19(11-9-15)16-5-3-4-14(18-16)12-17-13-6-7-13/h3-5,13,15,17H,2,6-12H2,1H3. The Balaban J connectivity index is 1.55. The largest absolute Gasteiger partial charge is 0.378 e. The number of nitrogens with zero attached hydrogens (tertiary/aromatic N) is 2. The Hall–Kier alpha value is -1.13. The van der Waals surface area contributed by atoms with E-state index in [4.69, 9.17) is 9.72 Å². The number of anilines is 1. The van der Waals surface area contributed by atoms with Crippen LogP contribution in [0.2, 0.25) is 0 Å². The zero-order valence-corrected chi connectivity index (χ0v) is 12.3. The molecule has 1 saturated heterocycles. The summed E-state index contributed by atoms with van der Waals surface area (Å²) in [5.41, 5.74) is 1.15. The van der Waals surface area contributed by atoms with E-state index < -0.39 is 0 Å². The summed E-state index contributed by atoms with van der Waals surface area (Å²) in [6.07, 6.45) is 5.31. The normalized spacial score (nSPS) is 20.4. The average Bonchev–Trinajstić information content (AvgIpc) is 3.31. The van der Waals surface area contributed by atoms with Crippen LogP contribution in [0.3, 0.4) is 0 Å². The highest BCUT2D eigenvalue weighted by atomic mass is 16.5. The molecular formula is C16H25N3O. The second-order valence-corrected chi connectivity index (χ2v) is 5.78. The maximum Gasteiger partial charge on any atom is 0.128 e. The zero-order chi connectivity index (χ0) is 13.8. The second kappa shape index (κ2) is 6.55. The third kappa shape index (κ3) is 3.70. The molecule has 1 N–H and O–H groups in total. The molecule has 3 rings (SSSR count). The van der Waals surface area contributed by atoms with E-state index in [2.05, 4.69) is 35.3 Å². The van der Waals surface area contributed by atoms with Crippen LogP contribution in [-0.2, 0) is 11.3 Å². The van der Waals surface area contributed by atoms with Gasteiger partial charge in [0.2, 0.25) is 0 Å². The first kappa shape index (κ1) is 13.8. The molecule has 2 heterocycles. The number of pyridine rings is 1. The van der Waals surface area contributed by atoms with Crippen molar-refractivity contribution in [1.29, 1.82) is 0 Å². The first-order valence-corrected chi connectivity index (χ1v) is 7.91. The minimum Gasteiger partial charge on any atom is -0.378 e. The molecule has 0 radical (unpaired) electrons. The fourth-order valence-corrected chi connectivity index (χ4v) is 2.77. The first-order chi connectivity index (χ1) is 9.85. The van der Waals surface area contributed by atoms with Gasteiger partial charge >= 0.3 is 0 Å². The van der Waals surface area contributed by atoms with Crippen LogP contribution in [0.4, 0.5) is 5.82 Å². The molecule has 0 amide bonds. The Kier molecular flexibility index (Phi) is 4.53. The summed E-state index contributed by atoms with van der Waals surface area (Å²) in [6, 6.07) is 7.11. The van der Waals surface area contributed by atoms with Crippen molar-refractivity contribution in [2.45, 2.75) is 51.3 Å². The Morgan fingerprint density at radius 1 is 1.25 bits per heavy atom. The number of ether oxygens (including phenoxy) is 1. The molecule has 1 aliphatic heterocycles. The number of piperidine rings is 1. The molecule has 4 nitrogen and oxygen atoms in total. The van der Waals surface area contributed by atoms with E-state index in [1.54, 1.807) is 0 Å². The average molecular weight is 275 g/mol. The zero-order valence-electron chi connectivity index (χ0n) is 12.3. The van der Waals surface area contributed by atoms with Gasteiger partial charge in [0.15, 0.2) is 0 Å². The van der Waals surface area contributed by atoms with Crippen molar-refractivity contribution in [2.75, 3.05) is 24.6 Å². The van der Waals surface area contributed by atoms with E-state index in [0.717, 1.165) is 56.6 Å². The highest BCUT2D eigenvalue weighted by molar-refractivity contribution is 5.39. The lowest BCUT2D eigenvalue weighted by atomic mass is 10.1. The predicted molar refractivity (Wildman–Crippen MR) is 81.0 cm³/mol. The molecule has 2 aliphatic rings. The molecule has 1 aliphatic carbocycles. The molecule has 0 spiro atoms. The van der Waals surface area contributed by atoms with Crippen molar-refractivity contribution in [1.82, 2.24) is 10.3 Å². The minimum absolute atomic E-state index is 0.441. The highest BCUT2D eigenvalue weighted by Gasteiger charge is 2.21. The molecule has 1 saturated carbocycles. The summed E-state index contributed by atoms with van der Waals surface area (Å²) >= 11 is 0. The van der Waals surface area contributed by atoms with Gasteiger partial charge < -0.3 is 15.0 Å². The molecule has 1 aromatic heterocycles. The van der Waals surface area contributed by atoms with Gasteiger partial charge in [0, 0.05) is 32.3 Å². The molecule has 0 unspecified atom stereocenters. The third-order valence-corrected chi connectivity index (χ3v) is 4.11. The summed E-state index contributed by atoms with van der Waals surface area (Å²) in [7, 11) is 0. The molecule has 20 heavy (non-hydrogen) atoms. The van der Waals surface area contributed by atoms with Crippen LogP contribution in [0.5, 0.6) is 0 Å². The second-order valence-electron chi connectivity index (χ2n) is 5.78. The molecule has 110 valence electrons. The van der Waals surface area contributed by atoms with E-state index in [1.807, 2.05) is 0 Å². The van der Waals surface area contributed by atoms with Crippen molar-refractivity contribution in [3.63, 3.8) is 0 Å². The molecule has 2 fully saturated rings. The van der Waals surface area contributed by atoms with Crippen molar-refractivity contribution in [3.8, 4) is 0 Å². The van der Waals surface area contributed by atoms with Crippen LogP contribution in [0, 0.1) is 0 Å². The first-order valence-electron chi connectivity index (χ1n) is 7.91. The van der Waals surface area contributed by atoms with Crippen molar-refractivity contribution >= 4 is 5.82 Å². The van der Waals surface area contributed by atoms with Crippen LogP contribution >= 0.6 is 0 Å². The van der Waals surface area contributed by atoms with Crippen LogP contribution in [0.15, 0.2) is 18.2 Å². The van der Waals surface area contributed by atoms with E-state index in [0.29, 0.717) is 6.10 Å². The Morgan fingerprint density at radius 2 is 2.05 bits per heavy atom. The molecular weight excluding hydrogens is 250 g/mol. The van der Waals surface area contributed by atoms with Crippen molar-refractivity contribution < 1.29 is 4.74 Å². The fraction of sp³-hybridized carbons (Fsp3) is 0.688. The quantitative estimate of drug-likeness (QED) is 0.864. The number of hydrogen-bond acceptors (Lipinski definition) is 4. The van der Waals surface area contributed by atoms with Crippen molar-refractivity contribution in [2.24, 2.45) is 0 Å². The highest BCUT2D eigenvalue weighted by Crippen LogP contribution is 2.21. The minimum atomic E-state index is 0.441. The van der Waals surface area contributed by atoms with Crippen LogP contribution in [0.1, 0.15) is 38.3 Å². The maximum atomic E-state index is 5.71. The lowest BCUT2D eigenvalue weighted by molar-refractivity contribution is 0.0458. The summed E-state index contributed by atoms with van der Waals surface area (Å²) in [6.45, 7) is 5.90. The van der Waals surface area contributed by atoms with Gasteiger partial charge in [-0.1, -0.05) is 6.07 Å². The van der Waals surface area contributed by atoms with Gasteiger partial charge in [-0.05, 0) is 44.7 Å². The predicted octanol–water partition coefficient (Wildman–Crippen LogP) is 2.34. The topological polar surface area (TPSA) is 37.4 Å². The molecule has 4 heteroatoms. The van der Waals surface area contributed by atoms with Crippen LogP contribution in [0.25, 0.3) is 0 Å². The Bertz CT molecular complexity index is 425. The summed E-state index contributed by atoms with van der Waals surface area (Å²) in [5, 5.41) is 3.53. The smallest absolute Gasteiger partial charge is 0.128 e. The number of nitrogens with one attached hydrogen (secondary N) is 1. The summed E-state index contributed by atoms with van der Waals surface area (Å²) < 4.78 is 5.71. The van der Waals surface area contributed by atoms with Gasteiger partial charge in [-0.15, -0.1) is 0 Å². The molecule has 1 aromatic rings.